The summed E-state index contributed by atoms with van der Waals surface area (Å²) in [4.78, 5) is 30.8. The molecule has 0 spiro atoms. The Labute approximate surface area is 198 Å². The van der Waals surface area contributed by atoms with Crippen LogP contribution >= 0.6 is 0 Å². The second-order valence-corrected chi connectivity index (χ2v) is 9.89. The maximum Gasteiger partial charge on any atom is 0.325 e. The van der Waals surface area contributed by atoms with Crippen molar-refractivity contribution >= 4 is 11.9 Å². The normalized spacial score (nSPS) is 24.8. The summed E-state index contributed by atoms with van der Waals surface area (Å²) in [5, 5.41) is 12.4. The molecule has 2 N–H and O–H groups in total. The summed E-state index contributed by atoms with van der Waals surface area (Å²) in [5.41, 5.74) is -0.156. The van der Waals surface area contributed by atoms with Gasteiger partial charge in [0.1, 0.15) is 29.5 Å². The molecule has 0 unspecified atom stereocenters. The van der Waals surface area contributed by atoms with Crippen molar-refractivity contribution in [3.05, 3.63) is 59.3 Å². The van der Waals surface area contributed by atoms with Gasteiger partial charge in [0.05, 0.1) is 6.54 Å². The average Bonchev–Trinajstić information content (AvgIpc) is 3.57. The van der Waals surface area contributed by atoms with E-state index in [4.69, 9.17) is 4.42 Å². The molecule has 1 aromatic heterocycles. The van der Waals surface area contributed by atoms with E-state index in [1.165, 1.54) is 17.0 Å². The number of aliphatic hydroxyl groups is 1. The van der Waals surface area contributed by atoms with Gasteiger partial charge in [0.15, 0.2) is 0 Å². The Kier molecular flexibility index (Phi) is 6.44. The predicted molar refractivity (Wildman–Crippen MR) is 123 cm³/mol. The number of benzene rings is 1. The largest absolute Gasteiger partial charge is 0.462 e. The van der Waals surface area contributed by atoms with Gasteiger partial charge in [-0.2, -0.15) is 0 Å². The minimum absolute atomic E-state index is 0.0127. The molecule has 2 saturated heterocycles. The van der Waals surface area contributed by atoms with E-state index in [1.54, 1.807) is 18.2 Å². The van der Waals surface area contributed by atoms with E-state index in [0.717, 1.165) is 62.9 Å². The summed E-state index contributed by atoms with van der Waals surface area (Å²) in [6, 6.07) is 9.59. The maximum atomic E-state index is 13.9. The highest BCUT2D eigenvalue weighted by Crippen LogP contribution is 2.39. The second-order valence-electron chi connectivity index (χ2n) is 9.89. The first-order valence-corrected chi connectivity index (χ1v) is 12.3. The molecule has 8 heteroatoms. The zero-order valence-corrected chi connectivity index (χ0v) is 19.3. The number of amides is 3. The molecule has 7 nitrogen and oxygen atoms in total. The van der Waals surface area contributed by atoms with E-state index in [-0.39, 0.29) is 36.3 Å². The van der Waals surface area contributed by atoms with Gasteiger partial charge < -0.3 is 14.8 Å². The van der Waals surface area contributed by atoms with Crippen molar-refractivity contribution in [2.45, 2.75) is 69.7 Å². The third-order valence-corrected chi connectivity index (χ3v) is 7.77. The molecular formula is C26H32FN3O4. The number of furan rings is 1. The molecule has 2 aromatic rings. The zero-order chi connectivity index (χ0) is 23.7. The molecule has 2 aliphatic heterocycles. The summed E-state index contributed by atoms with van der Waals surface area (Å²) in [6.07, 6.45) is 5.69. The van der Waals surface area contributed by atoms with E-state index >= 15 is 0 Å². The topological polar surface area (TPSA) is 86.0 Å². The highest BCUT2D eigenvalue weighted by Gasteiger charge is 2.57. The lowest BCUT2D eigenvalue weighted by Gasteiger charge is -2.41. The average molecular weight is 470 g/mol. The zero-order valence-electron chi connectivity index (χ0n) is 19.3. The van der Waals surface area contributed by atoms with Crippen LogP contribution in [0.5, 0.6) is 0 Å². The number of imide groups is 1. The first-order chi connectivity index (χ1) is 16.5. The molecular weight excluding hydrogens is 437 g/mol. The van der Waals surface area contributed by atoms with Gasteiger partial charge in [0, 0.05) is 12.5 Å². The molecule has 0 radical (unpaired) electrons. The number of carbonyl (C=O) groups is 2. The van der Waals surface area contributed by atoms with Crippen molar-refractivity contribution in [3.8, 4) is 0 Å². The summed E-state index contributed by atoms with van der Waals surface area (Å²) in [7, 11) is 0. The summed E-state index contributed by atoms with van der Waals surface area (Å²) in [6.45, 7) is 2.08. The quantitative estimate of drug-likeness (QED) is 0.606. The Bertz CT molecular complexity index is 1020. The van der Waals surface area contributed by atoms with Crippen LogP contribution in [0.25, 0.3) is 0 Å². The van der Waals surface area contributed by atoms with Gasteiger partial charge in [-0.15, -0.1) is 0 Å². The van der Waals surface area contributed by atoms with E-state index in [1.807, 2.05) is 6.07 Å². The number of rotatable bonds is 7. The lowest BCUT2D eigenvalue weighted by molar-refractivity contribution is -0.135. The SMILES string of the molecule is O=C1N[C@](Cc2ccc(F)cc2)(C2CCN(Cc3ccc(CO)o3)CC2)C(=O)N1C1CCCC1. The van der Waals surface area contributed by atoms with Crippen LogP contribution in [0.15, 0.2) is 40.8 Å². The van der Waals surface area contributed by atoms with Crippen molar-refractivity contribution in [2.75, 3.05) is 13.1 Å². The van der Waals surface area contributed by atoms with Crippen molar-refractivity contribution in [3.63, 3.8) is 0 Å². The number of nitrogens with zero attached hydrogens (tertiary/aromatic N) is 2. The van der Waals surface area contributed by atoms with Gasteiger partial charge in [-0.25, -0.2) is 9.18 Å². The lowest BCUT2D eigenvalue weighted by atomic mass is 9.73. The molecule has 1 saturated carbocycles. The molecule has 1 aromatic carbocycles. The molecule has 5 rings (SSSR count). The van der Waals surface area contributed by atoms with E-state index < -0.39 is 5.54 Å². The van der Waals surface area contributed by atoms with Gasteiger partial charge in [0.2, 0.25) is 0 Å². The Hall–Kier alpha value is -2.71. The summed E-state index contributed by atoms with van der Waals surface area (Å²) < 4.78 is 19.2. The van der Waals surface area contributed by atoms with Gasteiger partial charge in [-0.3, -0.25) is 14.6 Å². The molecule has 1 aliphatic carbocycles. The van der Waals surface area contributed by atoms with Crippen molar-refractivity contribution in [2.24, 2.45) is 5.92 Å². The van der Waals surface area contributed by atoms with Gasteiger partial charge in [-0.1, -0.05) is 25.0 Å². The monoisotopic (exact) mass is 469 g/mol. The number of hydrogen-bond donors (Lipinski definition) is 2. The van der Waals surface area contributed by atoms with Crippen LogP contribution in [0.3, 0.4) is 0 Å². The molecule has 1 atom stereocenters. The van der Waals surface area contributed by atoms with Crippen LogP contribution in [0.2, 0.25) is 0 Å². The van der Waals surface area contributed by atoms with E-state index in [2.05, 4.69) is 10.2 Å². The number of likely N-dealkylation sites (tertiary alicyclic amines) is 1. The lowest BCUT2D eigenvalue weighted by Crippen LogP contribution is -2.57. The Morgan fingerprint density at radius 3 is 2.32 bits per heavy atom. The fraction of sp³-hybridized carbons (Fsp3) is 0.538. The summed E-state index contributed by atoms with van der Waals surface area (Å²) in [5.74, 6) is 0.908. The third-order valence-electron chi connectivity index (χ3n) is 7.77. The van der Waals surface area contributed by atoms with Crippen LogP contribution in [0.4, 0.5) is 9.18 Å². The first-order valence-electron chi connectivity index (χ1n) is 12.3. The predicted octanol–water partition coefficient (Wildman–Crippen LogP) is 3.60. The molecule has 3 heterocycles. The van der Waals surface area contributed by atoms with E-state index in [9.17, 15) is 19.1 Å². The smallest absolute Gasteiger partial charge is 0.325 e. The van der Waals surface area contributed by atoms with Crippen molar-refractivity contribution in [1.82, 2.24) is 15.1 Å². The number of carbonyl (C=O) groups excluding carboxylic acids is 2. The van der Waals surface area contributed by atoms with Crippen molar-refractivity contribution in [1.29, 1.82) is 0 Å². The van der Waals surface area contributed by atoms with Crippen LogP contribution in [0.1, 0.15) is 55.6 Å². The number of piperidine rings is 1. The minimum atomic E-state index is -1.00. The molecule has 182 valence electrons. The number of nitrogens with one attached hydrogen (secondary N) is 1. The first kappa shape index (κ1) is 23.1. The standard InChI is InChI=1S/C26H32FN3O4/c27-20-7-5-18(6-8-20)15-26(24(32)30(25(33)28-26)21-3-1-2-4-21)19-11-13-29(14-12-19)16-22-9-10-23(17-31)34-22/h5-10,19,21,31H,1-4,11-17H2,(H,28,33)/t26-/m1/s1. The van der Waals surface area contributed by atoms with E-state index in [0.29, 0.717) is 18.7 Å². The fourth-order valence-electron chi connectivity index (χ4n) is 5.97. The maximum absolute atomic E-state index is 13.9. The molecule has 3 amide bonds. The molecule has 3 fully saturated rings. The highest BCUT2D eigenvalue weighted by molar-refractivity contribution is 6.07. The Morgan fingerprint density at radius 1 is 1.00 bits per heavy atom. The number of halogens is 1. The van der Waals surface area contributed by atoms with Crippen LogP contribution < -0.4 is 5.32 Å². The summed E-state index contributed by atoms with van der Waals surface area (Å²) >= 11 is 0. The minimum Gasteiger partial charge on any atom is -0.462 e. The molecule has 0 bridgehead atoms. The van der Waals surface area contributed by atoms with Gasteiger partial charge in [-0.05, 0) is 74.5 Å². The number of aliphatic hydroxyl groups excluding tert-OH is 1. The van der Waals surface area contributed by atoms with Crippen LogP contribution in [0, 0.1) is 11.7 Å². The number of urea groups is 1. The second kappa shape index (κ2) is 9.50. The van der Waals surface area contributed by atoms with Crippen molar-refractivity contribution < 1.29 is 23.5 Å². The molecule has 3 aliphatic rings. The Morgan fingerprint density at radius 2 is 1.68 bits per heavy atom. The number of hydrogen-bond acceptors (Lipinski definition) is 5. The van der Waals surface area contributed by atoms with Crippen LogP contribution in [-0.2, 0) is 24.4 Å². The molecule has 34 heavy (non-hydrogen) atoms. The van der Waals surface area contributed by atoms with Gasteiger partial charge in [0.25, 0.3) is 5.91 Å². The Balaban J connectivity index is 1.35. The fourth-order valence-corrected chi connectivity index (χ4v) is 5.97. The highest BCUT2D eigenvalue weighted by atomic mass is 19.1. The van der Waals surface area contributed by atoms with Crippen LogP contribution in [-0.4, -0.2) is 51.5 Å². The van der Waals surface area contributed by atoms with Gasteiger partial charge >= 0.3 is 6.03 Å². The third kappa shape index (κ3) is 4.36.